The van der Waals surface area contributed by atoms with E-state index in [9.17, 15) is 13.2 Å². The molecular weight excluding hydrogens is 336 g/mol. The summed E-state index contributed by atoms with van der Waals surface area (Å²) in [6, 6.07) is 0. The topological polar surface area (TPSA) is 57.7 Å². The van der Waals surface area contributed by atoms with Crippen molar-refractivity contribution in [1.82, 2.24) is 9.21 Å². The predicted octanol–water partition coefficient (Wildman–Crippen LogP) is 2.64. The molecule has 0 aromatic heterocycles. The van der Waals surface area contributed by atoms with Gasteiger partial charge < -0.3 is 4.90 Å². The fourth-order valence-corrected chi connectivity index (χ4v) is 5.36. The van der Waals surface area contributed by atoms with Crippen molar-refractivity contribution in [2.45, 2.75) is 46.4 Å². The molecule has 5 nitrogen and oxygen atoms in total. The number of hydrogen-bond acceptors (Lipinski definition) is 3. The summed E-state index contributed by atoms with van der Waals surface area (Å²) in [6.07, 6.45) is 3.22. The molecule has 1 aliphatic heterocycles. The number of amides is 1. The van der Waals surface area contributed by atoms with Crippen molar-refractivity contribution in [3.8, 4) is 0 Å². The van der Waals surface area contributed by atoms with Crippen LogP contribution in [0, 0.1) is 34.6 Å². The lowest BCUT2D eigenvalue weighted by atomic mass is 9.95. The molecule has 0 radical (unpaired) electrons. The summed E-state index contributed by atoms with van der Waals surface area (Å²) in [5, 5.41) is 0. The molecule has 1 saturated heterocycles. The van der Waals surface area contributed by atoms with Gasteiger partial charge in [-0.15, -0.1) is 0 Å². The minimum absolute atomic E-state index is 0.0612. The van der Waals surface area contributed by atoms with Crippen LogP contribution >= 0.6 is 0 Å². The Bertz CT molecular complexity index is 789. The first-order chi connectivity index (χ1) is 11.6. The van der Waals surface area contributed by atoms with E-state index in [1.807, 2.05) is 34.6 Å². The van der Waals surface area contributed by atoms with Crippen LogP contribution in [0.1, 0.15) is 34.7 Å². The van der Waals surface area contributed by atoms with Crippen LogP contribution in [0.3, 0.4) is 0 Å². The first-order valence-electron chi connectivity index (χ1n) is 8.61. The standard InChI is InChI=1S/C19H28N2O3S/c1-7-8-18(22)20-9-11-21(12-10-20)25(23,24)19-16(5)14(3)13(2)15(4)17(19)6/h7-8H,9-12H2,1-6H3/b8-7+. The van der Waals surface area contributed by atoms with Gasteiger partial charge in [-0.2, -0.15) is 4.31 Å². The smallest absolute Gasteiger partial charge is 0.246 e. The van der Waals surface area contributed by atoms with Crippen LogP contribution in [0.25, 0.3) is 0 Å². The third-order valence-corrected chi connectivity index (χ3v) is 7.56. The summed E-state index contributed by atoms with van der Waals surface area (Å²) in [7, 11) is -3.57. The molecular formula is C19H28N2O3S. The van der Waals surface area contributed by atoms with Crippen molar-refractivity contribution < 1.29 is 13.2 Å². The van der Waals surface area contributed by atoms with Crippen LogP contribution in [-0.2, 0) is 14.8 Å². The van der Waals surface area contributed by atoms with Crippen molar-refractivity contribution in [1.29, 1.82) is 0 Å². The highest BCUT2D eigenvalue weighted by molar-refractivity contribution is 7.89. The molecule has 0 bridgehead atoms. The van der Waals surface area contributed by atoms with Gasteiger partial charge in [0.2, 0.25) is 15.9 Å². The average molecular weight is 365 g/mol. The van der Waals surface area contributed by atoms with Gasteiger partial charge in [-0.25, -0.2) is 8.42 Å². The second-order valence-corrected chi connectivity index (χ2v) is 8.56. The number of allylic oxidation sites excluding steroid dienone is 1. The summed E-state index contributed by atoms with van der Waals surface area (Å²) in [4.78, 5) is 14.1. The number of sulfonamides is 1. The van der Waals surface area contributed by atoms with Crippen LogP contribution in [0.15, 0.2) is 17.0 Å². The van der Waals surface area contributed by atoms with Gasteiger partial charge in [0.15, 0.2) is 0 Å². The maximum atomic E-state index is 13.3. The number of nitrogens with zero attached hydrogens (tertiary/aromatic N) is 2. The molecule has 1 amide bonds. The number of hydrogen-bond donors (Lipinski definition) is 0. The molecule has 138 valence electrons. The van der Waals surface area contributed by atoms with Crippen molar-refractivity contribution >= 4 is 15.9 Å². The van der Waals surface area contributed by atoms with E-state index >= 15 is 0 Å². The molecule has 1 aromatic carbocycles. The molecule has 1 fully saturated rings. The van der Waals surface area contributed by atoms with E-state index in [4.69, 9.17) is 0 Å². The van der Waals surface area contributed by atoms with Gasteiger partial charge in [-0.05, 0) is 75.4 Å². The Hall–Kier alpha value is -1.66. The van der Waals surface area contributed by atoms with E-state index in [0.29, 0.717) is 31.1 Å². The summed E-state index contributed by atoms with van der Waals surface area (Å²) < 4.78 is 28.0. The number of piperazine rings is 1. The Morgan fingerprint density at radius 3 is 1.72 bits per heavy atom. The molecule has 0 unspecified atom stereocenters. The van der Waals surface area contributed by atoms with E-state index in [0.717, 1.165) is 27.8 Å². The molecule has 1 aliphatic rings. The Balaban J connectivity index is 2.35. The second-order valence-electron chi connectivity index (χ2n) is 6.68. The summed E-state index contributed by atoms with van der Waals surface area (Å²) in [6.45, 7) is 13.1. The molecule has 0 spiro atoms. The molecule has 0 saturated carbocycles. The molecule has 0 N–H and O–H groups in total. The largest absolute Gasteiger partial charge is 0.337 e. The third-order valence-electron chi connectivity index (χ3n) is 5.39. The van der Waals surface area contributed by atoms with Crippen LogP contribution in [0.2, 0.25) is 0 Å². The van der Waals surface area contributed by atoms with Crippen molar-refractivity contribution in [2.75, 3.05) is 26.2 Å². The number of benzene rings is 1. The molecule has 0 atom stereocenters. The van der Waals surface area contributed by atoms with Crippen LogP contribution < -0.4 is 0 Å². The van der Waals surface area contributed by atoms with Crippen molar-refractivity contribution in [3.63, 3.8) is 0 Å². The second kappa shape index (κ2) is 7.30. The summed E-state index contributed by atoms with van der Waals surface area (Å²) >= 11 is 0. The van der Waals surface area contributed by atoms with Gasteiger partial charge in [0.25, 0.3) is 0 Å². The Labute approximate surface area is 151 Å². The zero-order valence-corrected chi connectivity index (χ0v) is 16.8. The predicted molar refractivity (Wildman–Crippen MR) is 100 cm³/mol. The normalized spacial score (nSPS) is 16.6. The molecule has 25 heavy (non-hydrogen) atoms. The third kappa shape index (κ3) is 3.51. The van der Waals surface area contributed by atoms with Gasteiger partial charge in [0, 0.05) is 26.2 Å². The van der Waals surface area contributed by atoms with E-state index in [-0.39, 0.29) is 5.91 Å². The SMILES string of the molecule is C/C=C/C(=O)N1CCN(S(=O)(=O)c2c(C)c(C)c(C)c(C)c2C)CC1. The van der Waals surface area contributed by atoms with Gasteiger partial charge in [0.05, 0.1) is 4.90 Å². The Kier molecular flexibility index (Phi) is 5.74. The Morgan fingerprint density at radius 1 is 0.840 bits per heavy atom. The maximum absolute atomic E-state index is 13.3. The van der Waals surface area contributed by atoms with Crippen molar-refractivity contribution in [2.24, 2.45) is 0 Å². The van der Waals surface area contributed by atoms with Gasteiger partial charge in [0.1, 0.15) is 0 Å². The highest BCUT2D eigenvalue weighted by atomic mass is 32.2. The molecule has 6 heteroatoms. The van der Waals surface area contributed by atoms with E-state index in [1.165, 1.54) is 10.4 Å². The molecule has 2 rings (SSSR count). The van der Waals surface area contributed by atoms with Crippen molar-refractivity contribution in [3.05, 3.63) is 40.0 Å². The van der Waals surface area contributed by atoms with E-state index in [2.05, 4.69) is 0 Å². The molecule has 1 heterocycles. The van der Waals surface area contributed by atoms with E-state index < -0.39 is 10.0 Å². The minimum atomic E-state index is -3.57. The summed E-state index contributed by atoms with van der Waals surface area (Å²) in [5.74, 6) is -0.0612. The fourth-order valence-electron chi connectivity index (χ4n) is 3.38. The quantitative estimate of drug-likeness (QED) is 0.775. The van der Waals surface area contributed by atoms with Crippen LogP contribution in [0.4, 0.5) is 0 Å². The monoisotopic (exact) mass is 364 g/mol. The number of carbonyl (C=O) groups is 1. The van der Waals surface area contributed by atoms with Gasteiger partial charge in [-0.3, -0.25) is 4.79 Å². The van der Waals surface area contributed by atoms with Crippen LogP contribution in [0.5, 0.6) is 0 Å². The van der Waals surface area contributed by atoms with Gasteiger partial charge >= 0.3 is 0 Å². The highest BCUT2D eigenvalue weighted by Gasteiger charge is 2.32. The number of rotatable bonds is 3. The Morgan fingerprint density at radius 2 is 1.28 bits per heavy atom. The van der Waals surface area contributed by atoms with Gasteiger partial charge in [-0.1, -0.05) is 6.08 Å². The lowest BCUT2D eigenvalue weighted by Gasteiger charge is -2.34. The minimum Gasteiger partial charge on any atom is -0.337 e. The number of carbonyl (C=O) groups excluding carboxylic acids is 1. The first kappa shape index (κ1) is 19.7. The zero-order chi connectivity index (χ0) is 18.9. The lowest BCUT2D eigenvalue weighted by molar-refractivity contribution is -0.127. The van der Waals surface area contributed by atoms with Crippen LogP contribution in [-0.4, -0.2) is 49.7 Å². The average Bonchev–Trinajstić information content (AvgIpc) is 2.58. The molecule has 0 aliphatic carbocycles. The highest BCUT2D eigenvalue weighted by Crippen LogP contribution is 2.31. The lowest BCUT2D eigenvalue weighted by Crippen LogP contribution is -2.50. The summed E-state index contributed by atoms with van der Waals surface area (Å²) in [5.41, 5.74) is 4.86. The van der Waals surface area contributed by atoms with E-state index in [1.54, 1.807) is 17.9 Å². The first-order valence-corrected chi connectivity index (χ1v) is 10.1. The fraction of sp³-hybridized carbons (Fsp3) is 0.526. The maximum Gasteiger partial charge on any atom is 0.246 e. The zero-order valence-electron chi connectivity index (χ0n) is 16.0. The molecule has 1 aromatic rings.